The van der Waals surface area contributed by atoms with Gasteiger partial charge in [-0.3, -0.25) is 0 Å². The van der Waals surface area contributed by atoms with E-state index >= 15 is 0 Å². The first kappa shape index (κ1) is 16.9. The van der Waals surface area contributed by atoms with Crippen molar-refractivity contribution in [3.05, 3.63) is 47.5 Å². The van der Waals surface area contributed by atoms with Crippen molar-refractivity contribution in [1.82, 2.24) is 15.0 Å². The predicted molar refractivity (Wildman–Crippen MR) is 91.8 cm³/mol. The van der Waals surface area contributed by atoms with Gasteiger partial charge in [-0.05, 0) is 35.2 Å². The Balaban J connectivity index is 2.27. The Labute approximate surface area is 144 Å². The second-order valence-electron chi connectivity index (χ2n) is 6.91. The molecule has 25 heavy (non-hydrogen) atoms. The van der Waals surface area contributed by atoms with E-state index in [0.29, 0.717) is 16.6 Å². The molecule has 1 unspecified atom stereocenters. The molecule has 0 saturated carbocycles. The van der Waals surface area contributed by atoms with Gasteiger partial charge in [0.25, 0.3) is 0 Å². The van der Waals surface area contributed by atoms with Crippen molar-refractivity contribution < 1.29 is 20.1 Å². The Morgan fingerprint density at radius 2 is 1.68 bits per heavy atom. The van der Waals surface area contributed by atoms with E-state index in [0.717, 1.165) is 0 Å². The van der Waals surface area contributed by atoms with Crippen LogP contribution in [0.2, 0.25) is 0 Å². The number of aliphatic hydroxyl groups excluding tert-OH is 1. The molecule has 130 valence electrons. The SMILES string of the molecule is CC(C)(C)c1cc(C(O)C(=O)O)cc(-n2nc3ccccc3n2)c1O. The first-order chi connectivity index (χ1) is 11.7. The zero-order valence-corrected chi connectivity index (χ0v) is 14.1. The zero-order valence-electron chi connectivity index (χ0n) is 14.1. The molecule has 0 spiro atoms. The molecule has 3 N–H and O–H groups in total. The molecular formula is C18H19N3O4. The molecule has 0 aliphatic rings. The number of phenolic OH excluding ortho intramolecular Hbond substituents is 1. The first-order valence-electron chi connectivity index (χ1n) is 7.79. The Hall–Kier alpha value is -2.93. The minimum Gasteiger partial charge on any atom is -0.505 e. The van der Waals surface area contributed by atoms with Gasteiger partial charge in [-0.15, -0.1) is 15.0 Å². The molecule has 1 heterocycles. The van der Waals surface area contributed by atoms with Crippen molar-refractivity contribution in [3.63, 3.8) is 0 Å². The number of phenols is 1. The minimum atomic E-state index is -1.70. The molecule has 7 nitrogen and oxygen atoms in total. The van der Waals surface area contributed by atoms with Crippen molar-refractivity contribution in [2.24, 2.45) is 0 Å². The molecule has 1 atom stereocenters. The van der Waals surface area contributed by atoms with Crippen LogP contribution in [-0.4, -0.2) is 36.3 Å². The quantitative estimate of drug-likeness (QED) is 0.675. The van der Waals surface area contributed by atoms with Gasteiger partial charge in [0.2, 0.25) is 0 Å². The maximum Gasteiger partial charge on any atom is 0.337 e. The number of carbonyl (C=O) groups is 1. The minimum absolute atomic E-state index is 0.0471. The van der Waals surface area contributed by atoms with E-state index in [1.807, 2.05) is 32.9 Å². The highest BCUT2D eigenvalue weighted by Crippen LogP contribution is 2.37. The summed E-state index contributed by atoms with van der Waals surface area (Å²) in [5.41, 5.74) is 1.69. The third-order valence-corrected chi connectivity index (χ3v) is 3.97. The number of carboxylic acids is 1. The average Bonchev–Trinajstić information content (AvgIpc) is 2.96. The number of nitrogens with zero attached hydrogens (tertiary/aromatic N) is 3. The Morgan fingerprint density at radius 1 is 1.12 bits per heavy atom. The molecule has 3 rings (SSSR count). The van der Waals surface area contributed by atoms with Crippen molar-refractivity contribution in [2.75, 3.05) is 0 Å². The molecule has 0 saturated heterocycles. The van der Waals surface area contributed by atoms with E-state index in [2.05, 4.69) is 10.2 Å². The number of aliphatic carboxylic acids is 1. The summed E-state index contributed by atoms with van der Waals surface area (Å²) in [4.78, 5) is 12.4. The fourth-order valence-corrected chi connectivity index (χ4v) is 2.63. The summed E-state index contributed by atoms with van der Waals surface area (Å²) in [6.07, 6.45) is -1.70. The van der Waals surface area contributed by atoms with Crippen molar-refractivity contribution in [2.45, 2.75) is 32.3 Å². The fourth-order valence-electron chi connectivity index (χ4n) is 2.63. The van der Waals surface area contributed by atoms with Crippen molar-refractivity contribution in [3.8, 4) is 11.4 Å². The van der Waals surface area contributed by atoms with Crippen molar-refractivity contribution in [1.29, 1.82) is 0 Å². The van der Waals surface area contributed by atoms with E-state index in [4.69, 9.17) is 5.11 Å². The first-order valence-corrected chi connectivity index (χ1v) is 7.79. The maximum absolute atomic E-state index is 11.2. The van der Waals surface area contributed by atoms with Gasteiger partial charge in [-0.1, -0.05) is 32.9 Å². The Bertz CT molecular complexity index is 924. The summed E-state index contributed by atoms with van der Waals surface area (Å²) in [5.74, 6) is -1.41. The Kier molecular flexibility index (Phi) is 3.96. The van der Waals surface area contributed by atoms with Crippen molar-refractivity contribution >= 4 is 17.0 Å². The lowest BCUT2D eigenvalue weighted by atomic mass is 9.84. The molecule has 0 aliphatic heterocycles. The normalized spacial score (nSPS) is 13.1. The fraction of sp³-hybridized carbons (Fsp3) is 0.278. The Morgan fingerprint density at radius 3 is 2.16 bits per heavy atom. The monoisotopic (exact) mass is 341 g/mol. The van der Waals surface area contributed by atoms with E-state index in [1.54, 1.807) is 12.1 Å². The predicted octanol–water partition coefficient (Wildman–Crippen LogP) is 2.54. The highest BCUT2D eigenvalue weighted by molar-refractivity contribution is 5.76. The lowest BCUT2D eigenvalue weighted by Crippen LogP contribution is -2.17. The molecule has 0 fully saturated rings. The molecular weight excluding hydrogens is 322 g/mol. The van der Waals surface area contributed by atoms with Crippen LogP contribution in [0.4, 0.5) is 0 Å². The summed E-state index contributed by atoms with van der Waals surface area (Å²) in [6, 6.07) is 10.1. The number of hydrogen-bond acceptors (Lipinski definition) is 5. The number of aromatic hydroxyl groups is 1. The highest BCUT2D eigenvalue weighted by Gasteiger charge is 2.26. The van der Waals surface area contributed by atoms with Gasteiger partial charge in [0, 0.05) is 5.56 Å². The lowest BCUT2D eigenvalue weighted by molar-refractivity contribution is -0.146. The summed E-state index contributed by atoms with van der Waals surface area (Å²) < 4.78 is 0. The third-order valence-electron chi connectivity index (χ3n) is 3.97. The van der Waals surface area contributed by atoms with Crippen LogP contribution in [-0.2, 0) is 10.2 Å². The number of benzene rings is 2. The standard InChI is InChI=1S/C18H19N3O4/c1-18(2,3)11-8-10(15(22)17(24)25)9-14(16(11)23)21-19-12-6-4-5-7-13(12)20-21/h4-9,15,22-23H,1-3H3,(H,24,25). The molecule has 0 amide bonds. The number of aliphatic hydroxyl groups is 1. The van der Waals surface area contributed by atoms with Crippen LogP contribution in [0, 0.1) is 0 Å². The summed E-state index contributed by atoms with van der Waals surface area (Å²) in [7, 11) is 0. The van der Waals surface area contributed by atoms with Crippen LogP contribution in [0.3, 0.4) is 0 Å². The van der Waals surface area contributed by atoms with Crippen LogP contribution in [0.25, 0.3) is 16.7 Å². The number of hydrogen-bond donors (Lipinski definition) is 3. The zero-order chi connectivity index (χ0) is 18.4. The maximum atomic E-state index is 11.2. The smallest absolute Gasteiger partial charge is 0.337 e. The van der Waals surface area contributed by atoms with Crippen LogP contribution in [0.5, 0.6) is 5.75 Å². The van der Waals surface area contributed by atoms with E-state index in [-0.39, 0.29) is 17.0 Å². The number of rotatable bonds is 3. The molecule has 0 radical (unpaired) electrons. The van der Waals surface area contributed by atoms with Gasteiger partial charge < -0.3 is 15.3 Å². The van der Waals surface area contributed by atoms with Crippen LogP contribution >= 0.6 is 0 Å². The number of fused-ring (bicyclic) bond motifs is 1. The summed E-state index contributed by atoms with van der Waals surface area (Å²) in [5, 5.41) is 38.5. The summed E-state index contributed by atoms with van der Waals surface area (Å²) in [6.45, 7) is 5.65. The molecule has 3 aromatic rings. The molecule has 2 aromatic carbocycles. The van der Waals surface area contributed by atoms with E-state index < -0.39 is 17.5 Å². The third kappa shape index (κ3) is 3.06. The van der Waals surface area contributed by atoms with Crippen LogP contribution < -0.4 is 0 Å². The van der Waals surface area contributed by atoms with Gasteiger partial charge in [0.05, 0.1) is 0 Å². The topological polar surface area (TPSA) is 108 Å². The average molecular weight is 341 g/mol. The summed E-state index contributed by atoms with van der Waals surface area (Å²) >= 11 is 0. The van der Waals surface area contributed by atoms with Gasteiger partial charge in [0.15, 0.2) is 6.10 Å². The van der Waals surface area contributed by atoms with Gasteiger partial charge in [-0.2, -0.15) is 0 Å². The highest BCUT2D eigenvalue weighted by atomic mass is 16.4. The van der Waals surface area contributed by atoms with Crippen LogP contribution in [0.1, 0.15) is 38.0 Å². The van der Waals surface area contributed by atoms with Gasteiger partial charge in [0.1, 0.15) is 22.5 Å². The number of carboxylic acid groups (broad SMARTS) is 1. The number of aromatic nitrogens is 3. The molecule has 0 bridgehead atoms. The van der Waals surface area contributed by atoms with Gasteiger partial charge in [-0.25, -0.2) is 4.79 Å². The molecule has 1 aromatic heterocycles. The van der Waals surface area contributed by atoms with Gasteiger partial charge >= 0.3 is 5.97 Å². The largest absolute Gasteiger partial charge is 0.505 e. The van der Waals surface area contributed by atoms with Crippen LogP contribution in [0.15, 0.2) is 36.4 Å². The molecule has 0 aliphatic carbocycles. The second kappa shape index (κ2) is 5.86. The van der Waals surface area contributed by atoms with E-state index in [1.165, 1.54) is 16.9 Å². The van der Waals surface area contributed by atoms with E-state index in [9.17, 15) is 15.0 Å². The molecule has 7 heteroatoms. The second-order valence-corrected chi connectivity index (χ2v) is 6.91. The lowest BCUT2D eigenvalue weighted by Gasteiger charge is -2.23.